The molecule has 0 saturated heterocycles. The van der Waals surface area contributed by atoms with Gasteiger partial charge in [-0.25, -0.2) is 4.98 Å². The van der Waals surface area contributed by atoms with Gasteiger partial charge >= 0.3 is 0 Å². The van der Waals surface area contributed by atoms with E-state index in [9.17, 15) is 9.90 Å². The minimum Gasteiger partial charge on any atom is -0.396 e. The van der Waals surface area contributed by atoms with Crippen LogP contribution in [0.2, 0.25) is 0 Å². The average Bonchev–Trinajstić information content (AvgIpc) is 2.91. The molecule has 0 bridgehead atoms. The molecule has 112 valence electrons. The molecule has 0 spiro atoms. The first kappa shape index (κ1) is 15.6. The van der Waals surface area contributed by atoms with Gasteiger partial charge in [0.05, 0.1) is 5.69 Å². The maximum atomic E-state index is 11.0. The Kier molecular flexibility index (Phi) is 5.86. The van der Waals surface area contributed by atoms with Crippen LogP contribution in [0.25, 0.3) is 0 Å². The quantitative estimate of drug-likeness (QED) is 0.734. The van der Waals surface area contributed by atoms with Crippen LogP contribution in [0, 0.1) is 0 Å². The van der Waals surface area contributed by atoms with Crippen molar-refractivity contribution in [3.05, 3.63) is 47.0 Å². The number of hydrogen-bond donors (Lipinski definition) is 3. The maximum Gasteiger partial charge on any atom is 0.223 e. The highest BCUT2D eigenvalue weighted by molar-refractivity contribution is 7.13. The van der Waals surface area contributed by atoms with Gasteiger partial charge in [-0.05, 0) is 12.0 Å². The Balaban J connectivity index is 1.95. The molecule has 0 aliphatic heterocycles. The Morgan fingerprint density at radius 2 is 2.14 bits per heavy atom. The van der Waals surface area contributed by atoms with Gasteiger partial charge in [0.15, 0.2) is 5.13 Å². The van der Waals surface area contributed by atoms with E-state index in [0.29, 0.717) is 18.1 Å². The van der Waals surface area contributed by atoms with E-state index in [-0.39, 0.29) is 18.6 Å². The lowest BCUT2D eigenvalue weighted by Crippen LogP contribution is -2.22. The van der Waals surface area contributed by atoms with Crippen molar-refractivity contribution in [2.24, 2.45) is 0 Å². The fourth-order valence-electron chi connectivity index (χ4n) is 2.02. The third kappa shape index (κ3) is 4.93. The molecule has 6 heteroatoms. The van der Waals surface area contributed by atoms with E-state index < -0.39 is 0 Å². The third-order valence-corrected chi connectivity index (χ3v) is 3.79. The van der Waals surface area contributed by atoms with Crippen LogP contribution < -0.4 is 10.6 Å². The van der Waals surface area contributed by atoms with Gasteiger partial charge in [-0.1, -0.05) is 30.3 Å². The molecule has 0 saturated carbocycles. The second-order valence-electron chi connectivity index (χ2n) is 4.68. The number of benzene rings is 1. The van der Waals surface area contributed by atoms with Crippen molar-refractivity contribution < 1.29 is 9.90 Å². The summed E-state index contributed by atoms with van der Waals surface area (Å²) in [5.41, 5.74) is 2.02. The molecule has 1 unspecified atom stereocenters. The van der Waals surface area contributed by atoms with Crippen molar-refractivity contribution in [3.8, 4) is 0 Å². The lowest BCUT2D eigenvalue weighted by atomic mass is 10.0. The summed E-state index contributed by atoms with van der Waals surface area (Å²) in [6, 6.07) is 10.1. The molecule has 5 nitrogen and oxygen atoms in total. The van der Waals surface area contributed by atoms with Crippen LogP contribution in [0.15, 0.2) is 35.7 Å². The van der Waals surface area contributed by atoms with Crippen LogP contribution in [-0.2, 0) is 11.3 Å². The van der Waals surface area contributed by atoms with E-state index in [0.717, 1.165) is 11.3 Å². The molecule has 0 aliphatic rings. The molecule has 3 N–H and O–H groups in total. The SMILES string of the molecule is CC(=O)Nc1nc(CNC(CCO)c2ccccc2)cs1. The smallest absolute Gasteiger partial charge is 0.223 e. The average molecular weight is 305 g/mol. The molecule has 1 heterocycles. The predicted octanol–water partition coefficient (Wildman–Crippen LogP) is 2.31. The van der Waals surface area contributed by atoms with Gasteiger partial charge in [-0.3, -0.25) is 4.79 Å². The van der Waals surface area contributed by atoms with E-state index in [1.54, 1.807) is 0 Å². The van der Waals surface area contributed by atoms with Gasteiger partial charge < -0.3 is 15.7 Å². The number of nitrogens with one attached hydrogen (secondary N) is 2. The molecule has 2 aromatic rings. The van der Waals surface area contributed by atoms with Crippen LogP contribution in [0.4, 0.5) is 5.13 Å². The van der Waals surface area contributed by atoms with E-state index in [4.69, 9.17) is 0 Å². The van der Waals surface area contributed by atoms with Crippen LogP contribution >= 0.6 is 11.3 Å². The van der Waals surface area contributed by atoms with Gasteiger partial charge in [0.1, 0.15) is 0 Å². The number of hydrogen-bond acceptors (Lipinski definition) is 5. The number of carbonyl (C=O) groups is 1. The molecule has 0 radical (unpaired) electrons. The van der Waals surface area contributed by atoms with E-state index in [1.165, 1.54) is 18.3 Å². The summed E-state index contributed by atoms with van der Waals surface area (Å²) in [6.07, 6.45) is 0.646. The molecule has 0 aliphatic carbocycles. The summed E-state index contributed by atoms with van der Waals surface area (Å²) in [7, 11) is 0. The molecule has 1 amide bonds. The summed E-state index contributed by atoms with van der Waals surface area (Å²) < 4.78 is 0. The predicted molar refractivity (Wildman–Crippen MR) is 84.1 cm³/mol. The first-order chi connectivity index (χ1) is 10.2. The summed E-state index contributed by atoms with van der Waals surface area (Å²) in [5, 5.41) is 17.8. The van der Waals surface area contributed by atoms with Gasteiger partial charge in [0.25, 0.3) is 0 Å². The first-order valence-corrected chi connectivity index (χ1v) is 7.68. The number of aliphatic hydroxyl groups excluding tert-OH is 1. The molecular formula is C15H19N3O2S. The zero-order valence-corrected chi connectivity index (χ0v) is 12.7. The second-order valence-corrected chi connectivity index (χ2v) is 5.54. The largest absolute Gasteiger partial charge is 0.396 e. The minimum atomic E-state index is -0.119. The number of amides is 1. The number of carbonyl (C=O) groups excluding carboxylic acids is 1. The number of thiazole rings is 1. The lowest BCUT2D eigenvalue weighted by molar-refractivity contribution is -0.114. The van der Waals surface area contributed by atoms with Crippen molar-refractivity contribution in [2.75, 3.05) is 11.9 Å². The highest BCUT2D eigenvalue weighted by Crippen LogP contribution is 2.19. The minimum absolute atomic E-state index is 0.0853. The Morgan fingerprint density at radius 3 is 2.81 bits per heavy atom. The Bertz CT molecular complexity index is 571. The van der Waals surface area contributed by atoms with Gasteiger partial charge in [-0.15, -0.1) is 11.3 Å². The topological polar surface area (TPSA) is 74.2 Å². The number of anilines is 1. The normalized spacial score (nSPS) is 12.1. The van der Waals surface area contributed by atoms with Crippen molar-refractivity contribution in [3.63, 3.8) is 0 Å². The number of nitrogens with zero attached hydrogens (tertiary/aromatic N) is 1. The molecule has 0 fully saturated rings. The molecule has 1 aromatic carbocycles. The molecule has 2 rings (SSSR count). The fraction of sp³-hybridized carbons (Fsp3) is 0.333. The van der Waals surface area contributed by atoms with Gasteiger partial charge in [-0.2, -0.15) is 0 Å². The van der Waals surface area contributed by atoms with Crippen molar-refractivity contribution in [1.29, 1.82) is 0 Å². The van der Waals surface area contributed by atoms with E-state index in [2.05, 4.69) is 15.6 Å². The van der Waals surface area contributed by atoms with E-state index in [1.807, 2.05) is 35.7 Å². The van der Waals surface area contributed by atoms with Crippen LogP contribution in [0.3, 0.4) is 0 Å². The molecule has 1 atom stereocenters. The summed E-state index contributed by atoms with van der Waals surface area (Å²) >= 11 is 1.41. The Morgan fingerprint density at radius 1 is 1.38 bits per heavy atom. The van der Waals surface area contributed by atoms with Crippen LogP contribution in [0.5, 0.6) is 0 Å². The highest BCUT2D eigenvalue weighted by atomic mass is 32.1. The zero-order valence-electron chi connectivity index (χ0n) is 11.9. The monoisotopic (exact) mass is 305 g/mol. The van der Waals surface area contributed by atoms with Gasteiger partial charge in [0.2, 0.25) is 5.91 Å². The Hall–Kier alpha value is -1.76. The van der Waals surface area contributed by atoms with E-state index >= 15 is 0 Å². The standard InChI is InChI=1S/C15H19N3O2S/c1-11(20)17-15-18-13(10-21-15)9-16-14(7-8-19)12-5-3-2-4-6-12/h2-6,10,14,16,19H,7-9H2,1H3,(H,17,18,20). The number of aliphatic hydroxyl groups is 1. The summed E-state index contributed by atoms with van der Waals surface area (Å²) in [6.45, 7) is 2.18. The van der Waals surface area contributed by atoms with Gasteiger partial charge in [0, 0.05) is 31.5 Å². The number of aromatic nitrogens is 1. The fourth-order valence-corrected chi connectivity index (χ4v) is 2.78. The lowest BCUT2D eigenvalue weighted by Gasteiger charge is -2.17. The van der Waals surface area contributed by atoms with Crippen molar-refractivity contribution in [2.45, 2.75) is 25.9 Å². The Labute approximate surface area is 128 Å². The van der Waals surface area contributed by atoms with Crippen molar-refractivity contribution in [1.82, 2.24) is 10.3 Å². The van der Waals surface area contributed by atoms with Crippen molar-refractivity contribution >= 4 is 22.4 Å². The summed E-state index contributed by atoms with van der Waals surface area (Å²) in [5.74, 6) is -0.119. The molecule has 21 heavy (non-hydrogen) atoms. The second kappa shape index (κ2) is 7.87. The third-order valence-electron chi connectivity index (χ3n) is 2.98. The van der Waals surface area contributed by atoms with Crippen LogP contribution in [-0.4, -0.2) is 22.6 Å². The molecular weight excluding hydrogens is 286 g/mol. The van der Waals surface area contributed by atoms with Crippen LogP contribution in [0.1, 0.15) is 30.6 Å². The summed E-state index contributed by atoms with van der Waals surface area (Å²) in [4.78, 5) is 15.3. The maximum absolute atomic E-state index is 11.0. The highest BCUT2D eigenvalue weighted by Gasteiger charge is 2.11. The number of rotatable bonds is 7. The molecule has 1 aromatic heterocycles. The zero-order chi connectivity index (χ0) is 15.1. The first-order valence-electron chi connectivity index (χ1n) is 6.80.